The Balaban J connectivity index is 1.36. The Labute approximate surface area is 160 Å². The molecule has 0 saturated heterocycles. The van der Waals surface area contributed by atoms with E-state index in [0.717, 1.165) is 38.8 Å². The van der Waals surface area contributed by atoms with Crippen molar-refractivity contribution in [3.05, 3.63) is 70.6 Å². The molecule has 0 unspecified atom stereocenters. The topological polar surface area (TPSA) is 42.2 Å². The number of hydrogen-bond donors (Lipinski definition) is 1. The summed E-state index contributed by atoms with van der Waals surface area (Å²) in [7, 11) is 0. The number of nitrogens with one attached hydrogen (secondary N) is 1. The monoisotopic (exact) mass is 381 g/mol. The molecule has 2 aromatic carbocycles. The average molecular weight is 382 g/mol. The van der Waals surface area contributed by atoms with Crippen molar-refractivity contribution in [2.45, 2.75) is 12.2 Å². The van der Waals surface area contributed by atoms with E-state index in [1.165, 1.54) is 4.88 Å². The van der Waals surface area contributed by atoms with E-state index in [4.69, 9.17) is 4.42 Å². The summed E-state index contributed by atoms with van der Waals surface area (Å²) in [5.74, 6) is 1.96. The van der Waals surface area contributed by atoms with Gasteiger partial charge in [0.05, 0.1) is 12.7 Å². The van der Waals surface area contributed by atoms with Gasteiger partial charge in [-0.2, -0.15) is 11.8 Å². The van der Waals surface area contributed by atoms with Crippen LogP contribution < -0.4 is 5.32 Å². The minimum atomic E-state index is 0.0392. The molecule has 0 aliphatic carbocycles. The van der Waals surface area contributed by atoms with Crippen LogP contribution in [0.2, 0.25) is 0 Å². The molecule has 0 fully saturated rings. The second-order valence-corrected chi connectivity index (χ2v) is 8.22. The number of amides is 1. The molecule has 5 heteroatoms. The maximum Gasteiger partial charge on any atom is 0.224 e. The van der Waals surface area contributed by atoms with Crippen LogP contribution in [0.3, 0.4) is 0 Å². The first kappa shape index (κ1) is 17.2. The van der Waals surface area contributed by atoms with Gasteiger partial charge in [-0.3, -0.25) is 4.79 Å². The Hall–Kier alpha value is -2.24. The fraction of sp³-hybridized carbons (Fsp3) is 0.190. The van der Waals surface area contributed by atoms with Gasteiger partial charge in [-0.05, 0) is 28.3 Å². The van der Waals surface area contributed by atoms with Gasteiger partial charge < -0.3 is 9.73 Å². The van der Waals surface area contributed by atoms with E-state index in [0.29, 0.717) is 13.0 Å². The zero-order valence-corrected chi connectivity index (χ0v) is 15.9. The average Bonchev–Trinajstić information content (AvgIpc) is 3.31. The van der Waals surface area contributed by atoms with Gasteiger partial charge in [0.1, 0.15) is 5.58 Å². The summed E-state index contributed by atoms with van der Waals surface area (Å²) in [6, 6.07) is 16.4. The van der Waals surface area contributed by atoms with Crippen molar-refractivity contribution in [2.75, 3.05) is 12.3 Å². The number of hydrogen-bond acceptors (Lipinski definition) is 4. The first-order valence-electron chi connectivity index (χ1n) is 8.56. The molecule has 0 spiro atoms. The summed E-state index contributed by atoms with van der Waals surface area (Å²) >= 11 is 3.62. The summed E-state index contributed by atoms with van der Waals surface area (Å²) in [6.45, 7) is 0.686. The standard InChI is InChI=1S/C21H19NO2S2/c23-20(22-9-11-25-14-17-5-3-10-26-17)12-16-13-24-19-8-7-15-4-1-2-6-18(15)21(16)19/h1-8,10,13H,9,11-12,14H2,(H,22,23). The third kappa shape index (κ3) is 3.79. The van der Waals surface area contributed by atoms with Crippen LogP contribution in [0.1, 0.15) is 10.4 Å². The highest BCUT2D eigenvalue weighted by Crippen LogP contribution is 2.30. The summed E-state index contributed by atoms with van der Waals surface area (Å²) in [6.07, 6.45) is 2.05. The van der Waals surface area contributed by atoms with E-state index in [1.807, 2.05) is 30.0 Å². The quantitative estimate of drug-likeness (QED) is 0.445. The molecule has 0 aliphatic rings. The Morgan fingerprint density at radius 1 is 1.12 bits per heavy atom. The molecule has 0 radical (unpaired) electrons. The van der Waals surface area contributed by atoms with E-state index in [-0.39, 0.29) is 5.91 Å². The zero-order valence-electron chi connectivity index (χ0n) is 14.2. The SMILES string of the molecule is O=C(Cc1coc2ccc3ccccc3c12)NCCSCc1cccs1. The van der Waals surface area contributed by atoms with Gasteiger partial charge >= 0.3 is 0 Å². The number of carbonyl (C=O) groups is 1. The Kier molecular flexibility index (Phi) is 5.27. The molecule has 0 aliphatic heterocycles. The normalized spacial score (nSPS) is 11.2. The minimum absolute atomic E-state index is 0.0392. The van der Waals surface area contributed by atoms with Crippen LogP contribution in [0.15, 0.2) is 64.6 Å². The molecular formula is C21H19NO2S2. The lowest BCUT2D eigenvalue weighted by atomic mass is 10.0. The van der Waals surface area contributed by atoms with Crippen molar-refractivity contribution in [3.8, 4) is 0 Å². The lowest BCUT2D eigenvalue weighted by molar-refractivity contribution is -0.120. The highest BCUT2D eigenvalue weighted by atomic mass is 32.2. The molecule has 0 atom stereocenters. The van der Waals surface area contributed by atoms with Gasteiger partial charge in [-0.25, -0.2) is 0 Å². The Morgan fingerprint density at radius 2 is 2.04 bits per heavy atom. The molecule has 1 N–H and O–H groups in total. The van der Waals surface area contributed by atoms with E-state index < -0.39 is 0 Å². The van der Waals surface area contributed by atoms with Crippen LogP contribution in [0.25, 0.3) is 21.7 Å². The highest BCUT2D eigenvalue weighted by Gasteiger charge is 2.12. The molecule has 26 heavy (non-hydrogen) atoms. The second-order valence-electron chi connectivity index (χ2n) is 6.08. The predicted molar refractivity (Wildman–Crippen MR) is 111 cm³/mol. The van der Waals surface area contributed by atoms with Crippen molar-refractivity contribution in [1.82, 2.24) is 5.32 Å². The fourth-order valence-electron chi connectivity index (χ4n) is 3.07. The van der Waals surface area contributed by atoms with E-state index in [2.05, 4.69) is 41.0 Å². The smallest absolute Gasteiger partial charge is 0.224 e. The van der Waals surface area contributed by atoms with E-state index in [9.17, 15) is 4.79 Å². The molecular weight excluding hydrogens is 362 g/mol. The minimum Gasteiger partial charge on any atom is -0.464 e. The van der Waals surface area contributed by atoms with Gasteiger partial charge in [-0.15, -0.1) is 11.3 Å². The van der Waals surface area contributed by atoms with Gasteiger partial charge in [0.15, 0.2) is 0 Å². The van der Waals surface area contributed by atoms with Gasteiger partial charge in [0.2, 0.25) is 5.91 Å². The van der Waals surface area contributed by atoms with Crippen LogP contribution in [0.4, 0.5) is 0 Å². The van der Waals surface area contributed by atoms with E-state index in [1.54, 1.807) is 17.6 Å². The number of benzene rings is 2. The maximum atomic E-state index is 12.3. The molecule has 4 aromatic rings. The number of rotatable bonds is 7. The highest BCUT2D eigenvalue weighted by molar-refractivity contribution is 7.98. The first-order chi connectivity index (χ1) is 12.8. The Bertz CT molecular complexity index is 1020. The molecule has 2 heterocycles. The fourth-order valence-corrected chi connectivity index (χ4v) is 4.77. The molecule has 3 nitrogen and oxygen atoms in total. The lowest BCUT2D eigenvalue weighted by Gasteiger charge is -2.05. The largest absolute Gasteiger partial charge is 0.464 e. The van der Waals surface area contributed by atoms with Crippen LogP contribution in [0, 0.1) is 0 Å². The first-order valence-corrected chi connectivity index (χ1v) is 10.6. The van der Waals surface area contributed by atoms with Crippen LogP contribution in [0.5, 0.6) is 0 Å². The molecule has 0 bridgehead atoms. The van der Waals surface area contributed by atoms with Gasteiger partial charge in [0, 0.05) is 33.9 Å². The van der Waals surface area contributed by atoms with Crippen LogP contribution >= 0.6 is 23.1 Å². The number of furan rings is 1. The summed E-state index contributed by atoms with van der Waals surface area (Å²) < 4.78 is 5.66. The van der Waals surface area contributed by atoms with Crippen LogP contribution in [-0.4, -0.2) is 18.2 Å². The predicted octanol–water partition coefficient (Wildman–Crippen LogP) is 5.24. The van der Waals surface area contributed by atoms with Crippen molar-refractivity contribution < 1.29 is 9.21 Å². The number of carbonyl (C=O) groups excluding carboxylic acids is 1. The van der Waals surface area contributed by atoms with Crippen molar-refractivity contribution in [1.29, 1.82) is 0 Å². The summed E-state index contributed by atoms with van der Waals surface area (Å²) in [4.78, 5) is 13.7. The van der Waals surface area contributed by atoms with Crippen molar-refractivity contribution in [3.63, 3.8) is 0 Å². The van der Waals surface area contributed by atoms with Crippen molar-refractivity contribution in [2.24, 2.45) is 0 Å². The number of thiophene rings is 1. The Morgan fingerprint density at radius 3 is 2.92 bits per heavy atom. The molecule has 4 rings (SSSR count). The third-order valence-corrected chi connectivity index (χ3v) is 6.35. The zero-order chi connectivity index (χ0) is 17.8. The second kappa shape index (κ2) is 7.98. The molecule has 0 saturated carbocycles. The lowest BCUT2D eigenvalue weighted by Crippen LogP contribution is -2.27. The molecule has 132 valence electrons. The van der Waals surface area contributed by atoms with Gasteiger partial charge in [-0.1, -0.05) is 36.4 Å². The van der Waals surface area contributed by atoms with Gasteiger partial charge in [0.25, 0.3) is 0 Å². The van der Waals surface area contributed by atoms with Crippen molar-refractivity contribution >= 4 is 50.7 Å². The summed E-state index contributed by atoms with van der Waals surface area (Å²) in [5, 5.41) is 8.45. The molecule has 2 aromatic heterocycles. The molecule has 1 amide bonds. The van der Waals surface area contributed by atoms with Crippen LogP contribution in [-0.2, 0) is 17.0 Å². The van der Waals surface area contributed by atoms with E-state index >= 15 is 0 Å². The summed E-state index contributed by atoms with van der Waals surface area (Å²) in [5.41, 5.74) is 1.78. The number of thioether (sulfide) groups is 1. The maximum absolute atomic E-state index is 12.3. The third-order valence-electron chi connectivity index (χ3n) is 4.28. The number of fused-ring (bicyclic) bond motifs is 3.